The summed E-state index contributed by atoms with van der Waals surface area (Å²) >= 11 is 5.98. The molecule has 30 heavy (non-hydrogen) atoms. The lowest BCUT2D eigenvalue weighted by atomic mass is 10.0. The van der Waals surface area contributed by atoms with E-state index in [1.165, 1.54) is 12.5 Å². The van der Waals surface area contributed by atoms with E-state index in [1.807, 2.05) is 13.0 Å². The monoisotopic (exact) mass is 433 g/mol. The van der Waals surface area contributed by atoms with Crippen molar-refractivity contribution in [2.24, 2.45) is 0 Å². The number of piperidine rings is 1. The number of hydrogen-bond acceptors (Lipinski definition) is 7. The van der Waals surface area contributed by atoms with Gasteiger partial charge in [0, 0.05) is 38.7 Å². The maximum absolute atomic E-state index is 11.2. The average molecular weight is 434 g/mol. The van der Waals surface area contributed by atoms with Gasteiger partial charge in [-0.1, -0.05) is 6.07 Å². The number of ether oxygens (including phenoxy) is 2. The van der Waals surface area contributed by atoms with Gasteiger partial charge in [-0.3, -0.25) is 9.69 Å². The summed E-state index contributed by atoms with van der Waals surface area (Å²) in [5.74, 6) is 2.35. The predicted molar refractivity (Wildman–Crippen MR) is 117 cm³/mol. The molecule has 2 aromatic rings. The van der Waals surface area contributed by atoms with Crippen LogP contribution in [0.3, 0.4) is 0 Å². The Kier molecular flexibility index (Phi) is 7.70. The van der Waals surface area contributed by atoms with Gasteiger partial charge >= 0.3 is 0 Å². The van der Waals surface area contributed by atoms with E-state index in [-0.39, 0.29) is 17.2 Å². The van der Waals surface area contributed by atoms with Crippen LogP contribution in [0.5, 0.6) is 11.5 Å². The smallest absolute Gasteiger partial charge is 0.226 e. The van der Waals surface area contributed by atoms with Crippen molar-refractivity contribution in [3.8, 4) is 11.5 Å². The molecule has 9 heteroatoms. The van der Waals surface area contributed by atoms with Crippen LogP contribution in [0.1, 0.15) is 32.3 Å². The first-order valence-electron chi connectivity index (χ1n) is 10.1. The van der Waals surface area contributed by atoms with Crippen molar-refractivity contribution in [2.75, 3.05) is 37.4 Å². The highest BCUT2D eigenvalue weighted by Gasteiger charge is 2.20. The van der Waals surface area contributed by atoms with E-state index in [0.29, 0.717) is 18.2 Å². The molecule has 0 radical (unpaired) electrons. The number of likely N-dealkylation sites (tertiary alicyclic amines) is 1. The number of carbonyl (C=O) groups excluding carboxylic acids is 1. The van der Waals surface area contributed by atoms with Crippen molar-refractivity contribution in [1.82, 2.24) is 14.9 Å². The van der Waals surface area contributed by atoms with Crippen molar-refractivity contribution in [1.29, 1.82) is 0 Å². The van der Waals surface area contributed by atoms with Crippen molar-refractivity contribution in [3.05, 3.63) is 35.1 Å². The normalized spacial score (nSPS) is 14.9. The first-order chi connectivity index (χ1) is 14.5. The Morgan fingerprint density at radius 1 is 1.20 bits per heavy atom. The van der Waals surface area contributed by atoms with E-state index in [1.54, 1.807) is 13.2 Å². The van der Waals surface area contributed by atoms with E-state index in [9.17, 15) is 4.79 Å². The molecule has 2 N–H and O–H groups in total. The number of aromatic nitrogens is 2. The molecular formula is C21H28ClN5O3. The zero-order valence-corrected chi connectivity index (χ0v) is 18.3. The molecule has 1 aromatic heterocycles. The number of nitrogens with one attached hydrogen (secondary N) is 2. The van der Waals surface area contributed by atoms with Crippen LogP contribution in [-0.4, -0.2) is 53.6 Å². The fourth-order valence-corrected chi connectivity index (χ4v) is 3.71. The molecular weight excluding hydrogens is 406 g/mol. The third-order valence-electron chi connectivity index (χ3n) is 4.88. The predicted octanol–water partition coefficient (Wildman–Crippen LogP) is 3.57. The standard InChI is InChI=1S/C21H28ClN5O3/c1-4-30-18-11-15(5-6-17(18)29-3)13-27-9-7-16(8-10-27)24-20-12-19(23-14(2)28)25-21(22)26-20/h5-6,11-12,16H,4,7-10,13H2,1-3H3,(H2,23,24,25,26,28). The van der Waals surface area contributed by atoms with Crippen LogP contribution in [0.15, 0.2) is 24.3 Å². The number of amides is 1. The van der Waals surface area contributed by atoms with Crippen molar-refractivity contribution in [2.45, 2.75) is 39.3 Å². The maximum atomic E-state index is 11.2. The Balaban J connectivity index is 1.55. The topological polar surface area (TPSA) is 88.6 Å². The fraction of sp³-hybridized carbons (Fsp3) is 0.476. The van der Waals surface area contributed by atoms with Crippen LogP contribution >= 0.6 is 11.6 Å². The minimum Gasteiger partial charge on any atom is -0.493 e. The molecule has 162 valence electrons. The molecule has 1 aliphatic rings. The Bertz CT molecular complexity index is 872. The Labute approximate surface area is 181 Å². The lowest BCUT2D eigenvalue weighted by Gasteiger charge is -2.32. The van der Waals surface area contributed by atoms with E-state index >= 15 is 0 Å². The number of carbonyl (C=O) groups is 1. The summed E-state index contributed by atoms with van der Waals surface area (Å²) in [5, 5.41) is 6.15. The van der Waals surface area contributed by atoms with Crippen molar-refractivity contribution in [3.63, 3.8) is 0 Å². The van der Waals surface area contributed by atoms with Gasteiger partial charge in [-0.05, 0) is 49.1 Å². The SMILES string of the molecule is CCOc1cc(CN2CCC(Nc3cc(NC(C)=O)nc(Cl)n3)CC2)ccc1OC. The summed E-state index contributed by atoms with van der Waals surface area (Å²) in [7, 11) is 1.65. The highest BCUT2D eigenvalue weighted by Crippen LogP contribution is 2.29. The lowest BCUT2D eigenvalue weighted by Crippen LogP contribution is -2.38. The zero-order chi connectivity index (χ0) is 21.5. The zero-order valence-electron chi connectivity index (χ0n) is 17.6. The van der Waals surface area contributed by atoms with Gasteiger partial charge in [-0.15, -0.1) is 0 Å². The van der Waals surface area contributed by atoms with E-state index < -0.39 is 0 Å². The van der Waals surface area contributed by atoms with Gasteiger partial charge < -0.3 is 20.1 Å². The van der Waals surface area contributed by atoms with Crippen LogP contribution in [-0.2, 0) is 11.3 Å². The van der Waals surface area contributed by atoms with E-state index in [2.05, 4.69) is 37.6 Å². The van der Waals surface area contributed by atoms with Gasteiger partial charge in [-0.2, -0.15) is 0 Å². The second-order valence-electron chi connectivity index (χ2n) is 7.20. The van der Waals surface area contributed by atoms with Gasteiger partial charge in [0.25, 0.3) is 0 Å². The summed E-state index contributed by atoms with van der Waals surface area (Å²) in [6, 6.07) is 8.08. The summed E-state index contributed by atoms with van der Waals surface area (Å²) in [4.78, 5) is 21.9. The average Bonchev–Trinajstić information content (AvgIpc) is 2.69. The first-order valence-corrected chi connectivity index (χ1v) is 10.5. The van der Waals surface area contributed by atoms with Gasteiger partial charge in [0.1, 0.15) is 11.6 Å². The molecule has 1 saturated heterocycles. The van der Waals surface area contributed by atoms with Crippen molar-refractivity contribution < 1.29 is 14.3 Å². The second kappa shape index (κ2) is 10.4. The van der Waals surface area contributed by atoms with Gasteiger partial charge in [0.05, 0.1) is 13.7 Å². The van der Waals surface area contributed by atoms with Crippen molar-refractivity contribution >= 4 is 29.1 Å². The number of halogens is 1. The lowest BCUT2D eigenvalue weighted by molar-refractivity contribution is -0.114. The quantitative estimate of drug-likeness (QED) is 0.615. The van der Waals surface area contributed by atoms with E-state index in [4.69, 9.17) is 21.1 Å². The van der Waals surface area contributed by atoms with Gasteiger partial charge in [-0.25, -0.2) is 9.97 Å². The fourth-order valence-electron chi connectivity index (χ4n) is 3.53. The van der Waals surface area contributed by atoms with Gasteiger partial charge in [0.15, 0.2) is 11.5 Å². The van der Waals surface area contributed by atoms with Crippen LogP contribution in [0.4, 0.5) is 11.6 Å². The molecule has 0 spiro atoms. The molecule has 2 heterocycles. The first kappa shape index (κ1) is 22.1. The number of hydrogen-bond donors (Lipinski definition) is 2. The molecule has 8 nitrogen and oxygen atoms in total. The Morgan fingerprint density at radius 3 is 2.60 bits per heavy atom. The van der Waals surface area contributed by atoms with Crippen LogP contribution in [0.2, 0.25) is 5.28 Å². The number of rotatable bonds is 8. The summed E-state index contributed by atoms with van der Waals surface area (Å²) in [5.41, 5.74) is 1.20. The molecule has 0 unspecified atom stereocenters. The molecule has 0 atom stereocenters. The largest absolute Gasteiger partial charge is 0.493 e. The number of anilines is 2. The highest BCUT2D eigenvalue weighted by atomic mass is 35.5. The third kappa shape index (κ3) is 6.21. The van der Waals surface area contributed by atoms with Crippen LogP contribution < -0.4 is 20.1 Å². The molecule has 1 aromatic carbocycles. The summed E-state index contributed by atoms with van der Waals surface area (Å²) in [6.45, 7) is 6.79. The number of benzene rings is 1. The Hall–Kier alpha value is -2.58. The molecule has 1 amide bonds. The molecule has 1 aliphatic heterocycles. The van der Waals surface area contributed by atoms with Crippen LogP contribution in [0.25, 0.3) is 0 Å². The maximum Gasteiger partial charge on any atom is 0.226 e. The second-order valence-corrected chi connectivity index (χ2v) is 7.54. The molecule has 0 saturated carbocycles. The highest BCUT2D eigenvalue weighted by molar-refractivity contribution is 6.28. The summed E-state index contributed by atoms with van der Waals surface area (Å²) in [6.07, 6.45) is 1.96. The van der Waals surface area contributed by atoms with Gasteiger partial charge in [0.2, 0.25) is 11.2 Å². The Morgan fingerprint density at radius 2 is 1.93 bits per heavy atom. The third-order valence-corrected chi connectivity index (χ3v) is 5.05. The molecule has 0 aliphatic carbocycles. The summed E-state index contributed by atoms with van der Waals surface area (Å²) < 4.78 is 11.0. The molecule has 0 bridgehead atoms. The molecule has 1 fully saturated rings. The van der Waals surface area contributed by atoms with Crippen LogP contribution in [0, 0.1) is 0 Å². The number of nitrogens with zero attached hydrogens (tertiary/aromatic N) is 3. The van der Waals surface area contributed by atoms with E-state index in [0.717, 1.165) is 44.0 Å². The molecule has 3 rings (SSSR count). The minimum atomic E-state index is -0.199. The number of methoxy groups -OCH3 is 1. The minimum absolute atomic E-state index is 0.103.